The fourth-order valence-corrected chi connectivity index (χ4v) is 1.34. The fourth-order valence-electron chi connectivity index (χ4n) is 0.803. The Morgan fingerprint density at radius 1 is 1.69 bits per heavy atom. The zero-order valence-electron chi connectivity index (χ0n) is 6.85. The van der Waals surface area contributed by atoms with Crippen molar-refractivity contribution in [1.29, 1.82) is 0 Å². The molecule has 1 heterocycles. The summed E-state index contributed by atoms with van der Waals surface area (Å²) < 4.78 is 0. The molecule has 0 amide bonds. The Hall–Kier alpha value is -1.34. The van der Waals surface area contributed by atoms with E-state index in [1.807, 2.05) is 0 Å². The highest BCUT2D eigenvalue weighted by Gasteiger charge is 2.14. The average Bonchev–Trinajstić information content (AvgIpc) is 2.16. The molecule has 0 fully saturated rings. The fraction of sp³-hybridized carbons (Fsp3) is 0.167. The van der Waals surface area contributed by atoms with Crippen LogP contribution in [0.1, 0.15) is 0 Å². The van der Waals surface area contributed by atoms with E-state index in [-0.39, 0.29) is 5.69 Å². The molecule has 0 saturated carbocycles. The first-order valence-corrected chi connectivity index (χ1v) is 4.57. The Morgan fingerprint density at radius 3 is 2.85 bits per heavy atom. The van der Waals surface area contributed by atoms with Gasteiger partial charge in [0.25, 0.3) is 0 Å². The van der Waals surface area contributed by atoms with E-state index in [1.165, 1.54) is 23.9 Å². The van der Waals surface area contributed by atoms with Crippen LogP contribution in [-0.2, 0) is 0 Å². The van der Waals surface area contributed by atoms with Crippen molar-refractivity contribution in [3.63, 3.8) is 0 Å². The Kier molecular flexibility index (Phi) is 3.04. The second-order valence-corrected chi connectivity index (χ2v) is 2.92. The summed E-state index contributed by atoms with van der Waals surface area (Å²) in [6.07, 6.45) is 1.72. The number of hydrogen-bond donors (Lipinski definition) is 2. The molecule has 0 aliphatic heterocycles. The summed E-state index contributed by atoms with van der Waals surface area (Å²) in [5.74, 6) is 5.52. The lowest BCUT2D eigenvalue weighted by Gasteiger charge is -2.01. The summed E-state index contributed by atoms with van der Waals surface area (Å²) in [4.78, 5) is 13.9. The molecule has 1 rings (SSSR count). The van der Waals surface area contributed by atoms with E-state index in [0.717, 1.165) is 0 Å². The van der Waals surface area contributed by atoms with E-state index in [2.05, 4.69) is 10.4 Å². The van der Waals surface area contributed by atoms with Crippen molar-refractivity contribution in [3.8, 4) is 0 Å². The third-order valence-corrected chi connectivity index (χ3v) is 2.07. The van der Waals surface area contributed by atoms with Gasteiger partial charge in [-0.25, -0.2) is 10.8 Å². The van der Waals surface area contributed by atoms with E-state index in [1.54, 1.807) is 6.26 Å². The lowest BCUT2D eigenvalue weighted by molar-refractivity contribution is -0.388. The van der Waals surface area contributed by atoms with Crippen molar-refractivity contribution in [2.75, 3.05) is 11.7 Å². The van der Waals surface area contributed by atoms with Crippen LogP contribution in [0, 0.1) is 10.1 Å². The van der Waals surface area contributed by atoms with E-state index >= 15 is 0 Å². The highest BCUT2D eigenvalue weighted by molar-refractivity contribution is 7.98. The molecule has 0 spiro atoms. The minimum atomic E-state index is -0.473. The molecule has 0 unspecified atom stereocenters. The van der Waals surface area contributed by atoms with Crippen molar-refractivity contribution in [2.45, 2.75) is 5.03 Å². The third-order valence-electron chi connectivity index (χ3n) is 1.38. The SMILES string of the molecule is CSc1nc(NN)ccc1[N+](=O)[O-]. The summed E-state index contributed by atoms with van der Waals surface area (Å²) in [5.41, 5.74) is 2.31. The first-order valence-electron chi connectivity index (χ1n) is 3.35. The molecular formula is C6H8N4O2S. The van der Waals surface area contributed by atoms with Gasteiger partial charge in [0.1, 0.15) is 5.82 Å². The molecule has 0 saturated heterocycles. The van der Waals surface area contributed by atoms with E-state index < -0.39 is 4.92 Å². The normalized spacial score (nSPS) is 9.69. The van der Waals surface area contributed by atoms with E-state index in [0.29, 0.717) is 10.8 Å². The molecule has 3 N–H and O–H groups in total. The second-order valence-electron chi connectivity index (χ2n) is 2.13. The van der Waals surface area contributed by atoms with Crippen molar-refractivity contribution in [3.05, 3.63) is 22.2 Å². The van der Waals surface area contributed by atoms with Crippen LogP contribution < -0.4 is 11.3 Å². The number of hydrogen-bond acceptors (Lipinski definition) is 6. The maximum atomic E-state index is 10.5. The van der Waals surface area contributed by atoms with Gasteiger partial charge in [0.15, 0.2) is 5.03 Å². The quantitative estimate of drug-likeness (QED) is 0.327. The smallest absolute Gasteiger partial charge is 0.301 e. The molecule has 0 aromatic carbocycles. The number of nitro groups is 1. The number of hydrazine groups is 1. The van der Waals surface area contributed by atoms with Crippen molar-refractivity contribution in [2.24, 2.45) is 5.84 Å². The molecular weight excluding hydrogens is 192 g/mol. The first kappa shape index (κ1) is 9.75. The molecule has 6 nitrogen and oxygen atoms in total. The van der Waals surface area contributed by atoms with Crippen LogP contribution in [-0.4, -0.2) is 16.2 Å². The first-order chi connectivity index (χ1) is 6.19. The molecule has 0 aliphatic rings. The zero-order valence-corrected chi connectivity index (χ0v) is 7.67. The van der Waals surface area contributed by atoms with Gasteiger partial charge in [0.2, 0.25) is 0 Å². The molecule has 0 atom stereocenters. The van der Waals surface area contributed by atoms with Gasteiger partial charge < -0.3 is 5.43 Å². The zero-order chi connectivity index (χ0) is 9.84. The summed E-state index contributed by atoms with van der Waals surface area (Å²) in [6.45, 7) is 0. The highest BCUT2D eigenvalue weighted by Crippen LogP contribution is 2.26. The minimum Gasteiger partial charge on any atom is -0.308 e. The van der Waals surface area contributed by atoms with Gasteiger partial charge >= 0.3 is 5.69 Å². The van der Waals surface area contributed by atoms with Crippen LogP contribution in [0.15, 0.2) is 17.2 Å². The summed E-state index contributed by atoms with van der Waals surface area (Å²) in [7, 11) is 0. The Balaban J connectivity index is 3.15. The molecule has 1 aromatic heterocycles. The maximum Gasteiger partial charge on any atom is 0.301 e. The monoisotopic (exact) mass is 200 g/mol. The van der Waals surface area contributed by atoms with Crippen LogP contribution in [0.3, 0.4) is 0 Å². The third kappa shape index (κ3) is 2.07. The number of aromatic nitrogens is 1. The molecule has 7 heteroatoms. The van der Waals surface area contributed by atoms with Crippen LogP contribution in [0.4, 0.5) is 11.5 Å². The van der Waals surface area contributed by atoms with Crippen LogP contribution >= 0.6 is 11.8 Å². The summed E-state index contributed by atoms with van der Waals surface area (Å²) in [6, 6.07) is 2.83. The van der Waals surface area contributed by atoms with Gasteiger partial charge in [-0.15, -0.1) is 11.8 Å². The van der Waals surface area contributed by atoms with Crippen LogP contribution in [0.5, 0.6) is 0 Å². The molecule has 13 heavy (non-hydrogen) atoms. The molecule has 0 aliphatic carbocycles. The van der Waals surface area contributed by atoms with Crippen molar-refractivity contribution < 1.29 is 4.92 Å². The van der Waals surface area contributed by atoms with Gasteiger partial charge in [0.05, 0.1) is 4.92 Å². The van der Waals surface area contributed by atoms with Crippen molar-refractivity contribution in [1.82, 2.24) is 4.98 Å². The lowest BCUT2D eigenvalue weighted by atomic mass is 10.4. The lowest BCUT2D eigenvalue weighted by Crippen LogP contribution is -2.09. The highest BCUT2D eigenvalue weighted by atomic mass is 32.2. The predicted octanol–water partition coefficient (Wildman–Crippen LogP) is 0.997. The standard InChI is InChI=1S/C6H8N4O2S/c1-13-6-4(10(11)12)2-3-5(8-6)9-7/h2-3H,7H2,1H3,(H,8,9). The van der Waals surface area contributed by atoms with Crippen LogP contribution in [0.25, 0.3) is 0 Å². The van der Waals surface area contributed by atoms with Crippen LogP contribution in [0.2, 0.25) is 0 Å². The minimum absolute atomic E-state index is 0.00787. The second kappa shape index (κ2) is 4.06. The number of anilines is 1. The van der Waals surface area contributed by atoms with Gasteiger partial charge in [-0.3, -0.25) is 10.1 Å². The number of pyridine rings is 1. The Morgan fingerprint density at radius 2 is 2.38 bits per heavy atom. The number of nitrogens with two attached hydrogens (primary N) is 1. The number of thioether (sulfide) groups is 1. The molecule has 70 valence electrons. The Bertz CT molecular complexity index is 330. The topological polar surface area (TPSA) is 94.1 Å². The summed E-state index contributed by atoms with van der Waals surface area (Å²) in [5, 5.41) is 10.8. The maximum absolute atomic E-state index is 10.5. The number of rotatable bonds is 3. The van der Waals surface area contributed by atoms with Gasteiger partial charge in [-0.1, -0.05) is 0 Å². The number of nitrogen functional groups attached to an aromatic ring is 1. The number of nitrogens with zero attached hydrogens (tertiary/aromatic N) is 2. The average molecular weight is 200 g/mol. The van der Waals surface area contributed by atoms with E-state index in [9.17, 15) is 10.1 Å². The number of nitrogens with one attached hydrogen (secondary N) is 1. The molecule has 0 radical (unpaired) electrons. The van der Waals surface area contributed by atoms with Crippen molar-refractivity contribution >= 4 is 23.3 Å². The summed E-state index contributed by atoms with van der Waals surface area (Å²) >= 11 is 1.20. The molecule has 0 bridgehead atoms. The van der Waals surface area contributed by atoms with Gasteiger partial charge in [0, 0.05) is 6.07 Å². The van der Waals surface area contributed by atoms with Gasteiger partial charge in [-0.05, 0) is 12.3 Å². The predicted molar refractivity (Wildman–Crippen MR) is 50.5 cm³/mol. The van der Waals surface area contributed by atoms with E-state index in [4.69, 9.17) is 5.84 Å². The molecule has 1 aromatic rings. The van der Waals surface area contributed by atoms with Gasteiger partial charge in [-0.2, -0.15) is 0 Å². The Labute approximate surface area is 78.7 Å². The largest absolute Gasteiger partial charge is 0.308 e.